The van der Waals surface area contributed by atoms with Gasteiger partial charge in [0.2, 0.25) is 5.88 Å². The number of carboxylic acids is 1. The van der Waals surface area contributed by atoms with E-state index in [1.165, 1.54) is 13.2 Å². The zero-order valence-corrected chi connectivity index (χ0v) is 27.1. The van der Waals surface area contributed by atoms with E-state index in [4.69, 9.17) is 32.9 Å². The fourth-order valence-electron chi connectivity index (χ4n) is 6.65. The monoisotopic (exact) mass is 692 g/mol. The van der Waals surface area contributed by atoms with Crippen molar-refractivity contribution in [3.05, 3.63) is 92.5 Å². The van der Waals surface area contributed by atoms with Crippen LogP contribution in [0.2, 0.25) is 10.0 Å². The molecule has 1 aliphatic carbocycles. The molecule has 2 fully saturated rings. The summed E-state index contributed by atoms with van der Waals surface area (Å²) in [6.45, 7) is 2.05. The number of piperidine rings is 1. The third-order valence-corrected chi connectivity index (χ3v) is 9.88. The van der Waals surface area contributed by atoms with Crippen molar-refractivity contribution in [2.24, 2.45) is 24.8 Å². The number of methoxy groups -OCH3 is 1. The average molecular weight is 694 g/mol. The van der Waals surface area contributed by atoms with Gasteiger partial charge >= 0.3 is 5.97 Å². The lowest BCUT2D eigenvalue weighted by molar-refractivity contribution is -0.139. The average Bonchev–Trinajstić information content (AvgIpc) is 3.59. The number of anilines is 2. The molecule has 7 rings (SSSR count). The highest BCUT2D eigenvalue weighted by molar-refractivity contribution is 6.39. The summed E-state index contributed by atoms with van der Waals surface area (Å²) in [6.07, 6.45) is -1.54. The van der Waals surface area contributed by atoms with Gasteiger partial charge in [-0.25, -0.2) is 23.4 Å². The van der Waals surface area contributed by atoms with Crippen molar-refractivity contribution in [2.75, 3.05) is 25.5 Å². The number of hydrogen-bond donors (Lipinski definition) is 2. The van der Waals surface area contributed by atoms with E-state index >= 15 is 0 Å². The highest BCUT2D eigenvalue weighted by Gasteiger charge is 2.59. The second kappa shape index (κ2) is 12.4. The number of likely N-dealkylation sites (tertiary alicyclic amines) is 1. The molecule has 246 valence electrons. The Morgan fingerprint density at radius 1 is 1.04 bits per heavy atom. The van der Waals surface area contributed by atoms with Gasteiger partial charge in [-0.1, -0.05) is 59.6 Å². The standard InChI is InChI=1S/C34H28Cl2F2N6O4/c1-43-33(45)26-17(12-39-43)11-25(30(37)38)41-31(26)40-24-8-4-6-19(29(24)36)18-5-3-7-20(28(18)35)23-10-9-16(32(42-23)48-2)13-44-14-21-22(15-44)27(21)34(46)47/h3-12,21-22,27,30H,13-15H2,1-2H3,(H,40,41)(H,46,47). The maximum absolute atomic E-state index is 13.7. The van der Waals surface area contributed by atoms with Gasteiger partial charge in [-0.15, -0.1) is 0 Å². The zero-order chi connectivity index (χ0) is 33.9. The molecule has 2 aromatic carbocycles. The van der Waals surface area contributed by atoms with Gasteiger partial charge in [0, 0.05) is 54.3 Å². The Labute approximate surface area is 282 Å². The topological polar surface area (TPSA) is 122 Å². The molecule has 14 heteroatoms. The Kier molecular flexibility index (Phi) is 8.26. The van der Waals surface area contributed by atoms with E-state index in [9.17, 15) is 23.5 Å². The fraction of sp³-hybridized carbons (Fsp3) is 0.265. The lowest BCUT2D eigenvalue weighted by Gasteiger charge is -2.20. The predicted octanol–water partition coefficient (Wildman–Crippen LogP) is 6.82. The lowest BCUT2D eigenvalue weighted by atomic mass is 10.00. The quantitative estimate of drug-likeness (QED) is 0.171. The van der Waals surface area contributed by atoms with E-state index in [0.29, 0.717) is 45.5 Å². The molecule has 3 aromatic heterocycles. The molecule has 1 saturated heterocycles. The summed E-state index contributed by atoms with van der Waals surface area (Å²) < 4.78 is 34.2. The molecule has 4 heterocycles. The van der Waals surface area contributed by atoms with Crippen LogP contribution in [0.3, 0.4) is 0 Å². The first-order valence-electron chi connectivity index (χ1n) is 15.0. The number of nitrogens with one attached hydrogen (secondary N) is 1. The van der Waals surface area contributed by atoms with Crippen molar-refractivity contribution in [3.63, 3.8) is 0 Å². The summed E-state index contributed by atoms with van der Waals surface area (Å²) >= 11 is 13.9. The highest BCUT2D eigenvalue weighted by Crippen LogP contribution is 2.52. The first kappa shape index (κ1) is 31.9. The van der Waals surface area contributed by atoms with Crippen LogP contribution in [0.1, 0.15) is 17.7 Å². The summed E-state index contributed by atoms with van der Waals surface area (Å²) in [6, 6.07) is 15.5. The lowest BCUT2D eigenvalue weighted by Crippen LogP contribution is -2.26. The molecule has 0 bridgehead atoms. The van der Waals surface area contributed by atoms with Gasteiger partial charge < -0.3 is 15.2 Å². The van der Waals surface area contributed by atoms with Crippen LogP contribution >= 0.6 is 23.2 Å². The van der Waals surface area contributed by atoms with Gasteiger partial charge in [0.25, 0.3) is 12.0 Å². The predicted molar refractivity (Wildman–Crippen MR) is 178 cm³/mol. The molecule has 0 spiro atoms. The largest absolute Gasteiger partial charge is 0.481 e. The molecule has 2 unspecified atom stereocenters. The summed E-state index contributed by atoms with van der Waals surface area (Å²) in [5, 5.41) is 17.2. The first-order valence-corrected chi connectivity index (χ1v) is 15.8. The molecular weight excluding hydrogens is 665 g/mol. The SMILES string of the molecule is COc1nc(-c2cccc(-c3cccc(Nc4nc(C(F)F)cc5cnn(C)c(=O)c45)c3Cl)c2Cl)ccc1CN1CC2C(C1)C2C(=O)O. The molecule has 1 aliphatic heterocycles. The minimum Gasteiger partial charge on any atom is -0.481 e. The number of hydrogen-bond acceptors (Lipinski definition) is 8. The van der Waals surface area contributed by atoms with Crippen molar-refractivity contribution in [1.29, 1.82) is 0 Å². The number of aromatic nitrogens is 4. The number of rotatable bonds is 9. The molecule has 1 saturated carbocycles. The summed E-state index contributed by atoms with van der Waals surface area (Å²) in [5.74, 6) is -0.180. The number of aliphatic carboxylic acids is 1. The van der Waals surface area contributed by atoms with Crippen LogP contribution in [0.25, 0.3) is 33.2 Å². The molecule has 0 radical (unpaired) electrons. The number of alkyl halides is 2. The molecule has 2 N–H and O–H groups in total. The minimum absolute atomic E-state index is 0.0752. The summed E-state index contributed by atoms with van der Waals surface area (Å²) in [7, 11) is 3.01. The van der Waals surface area contributed by atoms with E-state index in [1.807, 2.05) is 24.3 Å². The summed E-state index contributed by atoms with van der Waals surface area (Å²) in [5.41, 5.74) is 2.54. The Morgan fingerprint density at radius 2 is 1.73 bits per heavy atom. The maximum atomic E-state index is 13.7. The third kappa shape index (κ3) is 5.63. The van der Waals surface area contributed by atoms with Gasteiger partial charge in [-0.05, 0) is 30.0 Å². The van der Waals surface area contributed by atoms with Crippen LogP contribution in [0.4, 0.5) is 20.3 Å². The van der Waals surface area contributed by atoms with E-state index in [-0.39, 0.29) is 39.4 Å². The van der Waals surface area contributed by atoms with Crippen molar-refractivity contribution >= 4 is 51.4 Å². The summed E-state index contributed by atoms with van der Waals surface area (Å²) in [4.78, 5) is 35.3. The molecule has 5 aromatic rings. The van der Waals surface area contributed by atoms with Gasteiger partial charge in [0.05, 0.1) is 46.0 Å². The molecule has 48 heavy (non-hydrogen) atoms. The van der Waals surface area contributed by atoms with Crippen LogP contribution in [0.5, 0.6) is 5.88 Å². The number of pyridine rings is 2. The highest BCUT2D eigenvalue weighted by atomic mass is 35.5. The van der Waals surface area contributed by atoms with Crippen molar-refractivity contribution in [2.45, 2.75) is 13.0 Å². The number of carbonyl (C=O) groups is 1. The van der Waals surface area contributed by atoms with Crippen LogP contribution in [0.15, 0.2) is 65.6 Å². The van der Waals surface area contributed by atoms with Crippen LogP contribution < -0.4 is 15.6 Å². The molecule has 2 aliphatic rings. The number of fused-ring (bicyclic) bond motifs is 2. The first-order chi connectivity index (χ1) is 23.0. The molecule has 10 nitrogen and oxygen atoms in total. The van der Waals surface area contributed by atoms with Crippen molar-refractivity contribution in [1.82, 2.24) is 24.6 Å². The van der Waals surface area contributed by atoms with Gasteiger partial charge in [0.1, 0.15) is 11.5 Å². The van der Waals surface area contributed by atoms with Gasteiger partial charge in [-0.2, -0.15) is 5.10 Å². The van der Waals surface area contributed by atoms with E-state index in [2.05, 4.69) is 20.3 Å². The van der Waals surface area contributed by atoms with E-state index in [1.54, 1.807) is 31.4 Å². The second-order valence-electron chi connectivity index (χ2n) is 11.9. The number of benzene rings is 2. The Balaban J connectivity index is 1.19. The van der Waals surface area contributed by atoms with Gasteiger partial charge in [-0.3, -0.25) is 14.5 Å². The van der Waals surface area contributed by atoms with Crippen LogP contribution in [-0.2, 0) is 18.4 Å². The van der Waals surface area contributed by atoms with Crippen molar-refractivity contribution < 1.29 is 23.4 Å². The Bertz CT molecular complexity index is 2150. The second-order valence-corrected chi connectivity index (χ2v) is 12.7. The Morgan fingerprint density at radius 3 is 2.42 bits per heavy atom. The number of carboxylic acid groups (broad SMARTS) is 1. The van der Waals surface area contributed by atoms with Crippen molar-refractivity contribution in [3.8, 4) is 28.3 Å². The molecule has 0 amide bonds. The molecule has 2 atom stereocenters. The van der Waals surface area contributed by atoms with Gasteiger partial charge in [0.15, 0.2) is 0 Å². The Hall–Kier alpha value is -4.65. The normalized spacial score (nSPS) is 18.7. The minimum atomic E-state index is -2.87. The number of ether oxygens (including phenoxy) is 1. The molecular formula is C34H28Cl2F2N6O4. The van der Waals surface area contributed by atoms with Crippen LogP contribution in [-0.4, -0.2) is 55.9 Å². The number of halogens is 4. The zero-order valence-electron chi connectivity index (χ0n) is 25.6. The number of nitrogens with zero attached hydrogens (tertiary/aromatic N) is 5. The number of aryl methyl sites for hydroxylation is 1. The third-order valence-electron chi connectivity index (χ3n) is 9.07. The maximum Gasteiger partial charge on any atom is 0.307 e. The smallest absolute Gasteiger partial charge is 0.307 e. The van der Waals surface area contributed by atoms with E-state index in [0.717, 1.165) is 29.4 Å². The van der Waals surface area contributed by atoms with Crippen LogP contribution in [0, 0.1) is 17.8 Å². The fourth-order valence-corrected chi connectivity index (χ4v) is 7.25. The van der Waals surface area contributed by atoms with E-state index < -0.39 is 23.6 Å².